The quantitative estimate of drug-likeness (QED) is 0.447. The van der Waals surface area contributed by atoms with E-state index in [-0.39, 0.29) is 0 Å². The average molecular weight is 287 g/mol. The van der Waals surface area contributed by atoms with Crippen molar-refractivity contribution >= 4 is 15.9 Å². The summed E-state index contributed by atoms with van der Waals surface area (Å²) in [6.07, 6.45) is 11.8. The maximum atomic E-state index is 3.98. The molecule has 16 heavy (non-hydrogen) atoms. The van der Waals surface area contributed by atoms with Crippen LogP contribution < -0.4 is 0 Å². The molecule has 5 unspecified atom stereocenters. The van der Waals surface area contributed by atoms with Crippen molar-refractivity contribution in [1.82, 2.24) is 0 Å². The summed E-state index contributed by atoms with van der Waals surface area (Å²) in [4.78, 5) is 0.820. The third kappa shape index (κ3) is 3.03. The summed E-state index contributed by atoms with van der Waals surface area (Å²) in [5, 5.41) is 0. The summed E-state index contributed by atoms with van der Waals surface area (Å²) in [7, 11) is 0. The molecule has 0 radical (unpaired) electrons. The zero-order chi connectivity index (χ0) is 11.5. The van der Waals surface area contributed by atoms with Gasteiger partial charge in [0.25, 0.3) is 0 Å². The maximum Gasteiger partial charge on any atom is 0.0176 e. The second kappa shape index (κ2) is 5.89. The van der Waals surface area contributed by atoms with Crippen LogP contribution in [0.15, 0.2) is 0 Å². The van der Waals surface area contributed by atoms with Crippen molar-refractivity contribution in [2.45, 2.75) is 70.0 Å². The van der Waals surface area contributed by atoms with Gasteiger partial charge in [0.05, 0.1) is 0 Å². The SMILES string of the molecule is CC1CCC(C2CCCCCC2Br)CC1C. The first-order chi connectivity index (χ1) is 7.68. The molecule has 2 aliphatic rings. The van der Waals surface area contributed by atoms with E-state index in [1.54, 1.807) is 0 Å². The van der Waals surface area contributed by atoms with Crippen LogP contribution >= 0.6 is 15.9 Å². The predicted molar refractivity (Wildman–Crippen MR) is 75.0 cm³/mol. The van der Waals surface area contributed by atoms with Gasteiger partial charge in [0.2, 0.25) is 0 Å². The van der Waals surface area contributed by atoms with Gasteiger partial charge in [0.1, 0.15) is 0 Å². The van der Waals surface area contributed by atoms with E-state index in [0.717, 1.165) is 28.5 Å². The van der Waals surface area contributed by atoms with Crippen LogP contribution in [0, 0.1) is 23.7 Å². The van der Waals surface area contributed by atoms with E-state index >= 15 is 0 Å². The summed E-state index contributed by atoms with van der Waals surface area (Å²) in [6, 6.07) is 0. The highest BCUT2D eigenvalue weighted by atomic mass is 79.9. The second-order valence-electron chi connectivity index (χ2n) is 6.35. The number of hydrogen-bond donors (Lipinski definition) is 0. The molecular formula is C15H27Br. The molecule has 2 rings (SSSR count). The summed E-state index contributed by atoms with van der Waals surface area (Å²) in [5.74, 6) is 3.93. The third-order valence-electron chi connectivity index (χ3n) is 5.23. The third-order valence-corrected chi connectivity index (χ3v) is 6.36. The van der Waals surface area contributed by atoms with Crippen molar-refractivity contribution < 1.29 is 0 Å². The van der Waals surface area contributed by atoms with Crippen molar-refractivity contribution in [3.63, 3.8) is 0 Å². The maximum absolute atomic E-state index is 3.98. The Morgan fingerprint density at radius 2 is 1.56 bits per heavy atom. The lowest BCUT2D eigenvalue weighted by Gasteiger charge is -2.38. The fourth-order valence-corrected chi connectivity index (χ4v) is 4.82. The number of alkyl halides is 1. The Morgan fingerprint density at radius 3 is 2.31 bits per heavy atom. The first kappa shape index (κ1) is 12.9. The molecule has 94 valence electrons. The van der Waals surface area contributed by atoms with Gasteiger partial charge in [-0.25, -0.2) is 0 Å². The van der Waals surface area contributed by atoms with E-state index in [1.165, 1.54) is 51.4 Å². The van der Waals surface area contributed by atoms with Gasteiger partial charge in [0.15, 0.2) is 0 Å². The molecule has 1 heteroatoms. The molecule has 0 heterocycles. The molecule has 0 nitrogen and oxygen atoms in total. The lowest BCUT2D eigenvalue weighted by atomic mass is 9.69. The molecular weight excluding hydrogens is 260 g/mol. The summed E-state index contributed by atoms with van der Waals surface area (Å²) in [5.41, 5.74) is 0. The highest BCUT2D eigenvalue weighted by Crippen LogP contribution is 2.43. The Kier molecular flexibility index (Phi) is 4.76. The van der Waals surface area contributed by atoms with Crippen LogP contribution in [0.3, 0.4) is 0 Å². The van der Waals surface area contributed by atoms with E-state index in [4.69, 9.17) is 0 Å². The van der Waals surface area contributed by atoms with E-state index < -0.39 is 0 Å². The number of halogens is 1. The summed E-state index contributed by atoms with van der Waals surface area (Å²) in [6.45, 7) is 4.91. The van der Waals surface area contributed by atoms with Crippen molar-refractivity contribution in [3.8, 4) is 0 Å². The van der Waals surface area contributed by atoms with Crippen molar-refractivity contribution in [3.05, 3.63) is 0 Å². The van der Waals surface area contributed by atoms with Gasteiger partial charge in [-0.1, -0.05) is 55.5 Å². The normalized spacial score (nSPS) is 46.3. The average Bonchev–Trinajstić information content (AvgIpc) is 2.47. The molecule has 0 spiro atoms. The number of hydrogen-bond acceptors (Lipinski definition) is 0. The van der Waals surface area contributed by atoms with Crippen LogP contribution in [-0.4, -0.2) is 4.83 Å². The zero-order valence-electron chi connectivity index (χ0n) is 10.9. The second-order valence-corrected chi connectivity index (χ2v) is 7.52. The van der Waals surface area contributed by atoms with Gasteiger partial charge in [-0.3, -0.25) is 0 Å². The highest BCUT2D eigenvalue weighted by molar-refractivity contribution is 9.09. The minimum absolute atomic E-state index is 0.820. The molecule has 0 aromatic heterocycles. The fraction of sp³-hybridized carbons (Fsp3) is 1.00. The monoisotopic (exact) mass is 286 g/mol. The summed E-state index contributed by atoms with van der Waals surface area (Å²) < 4.78 is 0. The molecule has 0 aromatic carbocycles. The Balaban J connectivity index is 1.94. The molecule has 2 aliphatic carbocycles. The molecule has 0 bridgehead atoms. The minimum Gasteiger partial charge on any atom is -0.0888 e. The highest BCUT2D eigenvalue weighted by Gasteiger charge is 2.33. The first-order valence-electron chi connectivity index (χ1n) is 7.32. The van der Waals surface area contributed by atoms with Crippen LogP contribution in [0.4, 0.5) is 0 Å². The Bertz CT molecular complexity index is 213. The molecule has 0 amide bonds. The molecule has 2 fully saturated rings. The topological polar surface area (TPSA) is 0 Å². The van der Waals surface area contributed by atoms with E-state index in [0.29, 0.717) is 0 Å². The molecule has 0 saturated heterocycles. The van der Waals surface area contributed by atoms with Gasteiger partial charge in [-0.05, 0) is 49.4 Å². The lowest BCUT2D eigenvalue weighted by Crippen LogP contribution is -2.30. The predicted octanol–water partition coefficient (Wildman–Crippen LogP) is 5.40. The van der Waals surface area contributed by atoms with Crippen molar-refractivity contribution in [2.24, 2.45) is 23.7 Å². The van der Waals surface area contributed by atoms with Crippen molar-refractivity contribution in [2.75, 3.05) is 0 Å². The Labute approximate surface area is 110 Å². The van der Waals surface area contributed by atoms with Gasteiger partial charge in [-0.15, -0.1) is 0 Å². The standard InChI is InChI=1S/C15H27Br/c1-11-8-9-13(10-12(11)2)14-6-4-3-5-7-15(14)16/h11-15H,3-10H2,1-2H3. The molecule has 0 aromatic rings. The van der Waals surface area contributed by atoms with Crippen molar-refractivity contribution in [1.29, 1.82) is 0 Å². The lowest BCUT2D eigenvalue weighted by molar-refractivity contribution is 0.150. The van der Waals surface area contributed by atoms with Crippen LogP contribution in [0.1, 0.15) is 65.2 Å². The smallest absolute Gasteiger partial charge is 0.0176 e. The molecule has 5 atom stereocenters. The Hall–Kier alpha value is 0.480. The van der Waals surface area contributed by atoms with Gasteiger partial charge >= 0.3 is 0 Å². The summed E-state index contributed by atoms with van der Waals surface area (Å²) >= 11 is 3.98. The van der Waals surface area contributed by atoms with E-state index in [9.17, 15) is 0 Å². The van der Waals surface area contributed by atoms with Crippen LogP contribution in [-0.2, 0) is 0 Å². The van der Waals surface area contributed by atoms with Crippen LogP contribution in [0.2, 0.25) is 0 Å². The van der Waals surface area contributed by atoms with Gasteiger partial charge in [-0.2, -0.15) is 0 Å². The minimum atomic E-state index is 0.820. The molecule has 2 saturated carbocycles. The van der Waals surface area contributed by atoms with Crippen LogP contribution in [0.5, 0.6) is 0 Å². The Morgan fingerprint density at radius 1 is 0.812 bits per heavy atom. The fourth-order valence-electron chi connectivity index (χ4n) is 3.80. The molecule has 0 N–H and O–H groups in total. The largest absolute Gasteiger partial charge is 0.0888 e. The van der Waals surface area contributed by atoms with Crippen LogP contribution in [0.25, 0.3) is 0 Å². The zero-order valence-corrected chi connectivity index (χ0v) is 12.5. The van der Waals surface area contributed by atoms with Gasteiger partial charge < -0.3 is 0 Å². The van der Waals surface area contributed by atoms with E-state index in [2.05, 4.69) is 29.8 Å². The molecule has 0 aliphatic heterocycles. The van der Waals surface area contributed by atoms with Gasteiger partial charge in [0, 0.05) is 4.83 Å². The number of rotatable bonds is 1. The first-order valence-corrected chi connectivity index (χ1v) is 8.24. The van der Waals surface area contributed by atoms with E-state index in [1.807, 2.05) is 0 Å².